The number of nitrogens with one attached hydrogen (secondary N) is 2. The van der Waals surface area contributed by atoms with E-state index in [1.54, 1.807) is 12.3 Å². The Morgan fingerprint density at radius 1 is 1.35 bits per heavy atom. The second-order valence-electron chi connectivity index (χ2n) is 8.25. The lowest BCUT2D eigenvalue weighted by molar-refractivity contribution is 0.0959. The number of hydrogen-bond donors (Lipinski definition) is 3. The number of nitrogens with two attached hydrogens (primary N) is 1. The van der Waals surface area contributed by atoms with Crippen molar-refractivity contribution in [3.63, 3.8) is 0 Å². The first-order chi connectivity index (χ1) is 15.0. The minimum Gasteiger partial charge on any atom is -0.396 e. The van der Waals surface area contributed by atoms with E-state index in [4.69, 9.17) is 5.73 Å². The Balaban J connectivity index is 1.23. The predicted octanol–water partition coefficient (Wildman–Crippen LogP) is 2.63. The van der Waals surface area contributed by atoms with Crippen molar-refractivity contribution in [2.24, 2.45) is 0 Å². The normalized spacial score (nSPS) is 20.4. The fourth-order valence-corrected chi connectivity index (χ4v) is 5.64. The fraction of sp³-hybridized carbons (Fsp3) is 0.409. The molecule has 9 heteroatoms. The number of fused-ring (bicyclic) bond motifs is 3. The highest BCUT2D eigenvalue weighted by Gasteiger charge is 2.37. The maximum atomic E-state index is 14.9. The highest BCUT2D eigenvalue weighted by Crippen LogP contribution is 2.34. The molecule has 162 valence electrons. The number of nitrogen functional groups attached to an aromatic ring is 1. The van der Waals surface area contributed by atoms with Crippen LogP contribution in [0.4, 0.5) is 15.8 Å². The van der Waals surface area contributed by atoms with Crippen LogP contribution in [0.1, 0.15) is 33.8 Å². The van der Waals surface area contributed by atoms with Gasteiger partial charge in [-0.1, -0.05) is 6.07 Å². The molecule has 2 fully saturated rings. The predicted molar refractivity (Wildman–Crippen MR) is 121 cm³/mol. The zero-order valence-corrected chi connectivity index (χ0v) is 18.1. The molecule has 0 spiro atoms. The van der Waals surface area contributed by atoms with Crippen molar-refractivity contribution in [2.75, 3.05) is 30.3 Å². The molecule has 4 heterocycles. The van der Waals surface area contributed by atoms with Crippen molar-refractivity contribution >= 4 is 39.0 Å². The summed E-state index contributed by atoms with van der Waals surface area (Å²) in [5.41, 5.74) is 9.33. The van der Waals surface area contributed by atoms with Crippen LogP contribution < -0.4 is 21.3 Å². The minimum atomic E-state index is -0.255. The zero-order valence-electron chi connectivity index (χ0n) is 17.3. The molecule has 2 bridgehead atoms. The van der Waals surface area contributed by atoms with Crippen LogP contribution in [-0.4, -0.2) is 47.6 Å². The molecule has 0 aliphatic carbocycles. The first kappa shape index (κ1) is 20.1. The second kappa shape index (κ2) is 8.05. The Bertz CT molecular complexity index is 1130. The average Bonchev–Trinajstić information content (AvgIpc) is 3.19. The lowest BCUT2D eigenvalue weighted by atomic mass is 10.1. The number of thiophene rings is 1. The van der Waals surface area contributed by atoms with Gasteiger partial charge < -0.3 is 21.3 Å². The fourth-order valence-electron chi connectivity index (χ4n) is 4.63. The monoisotopic (exact) mass is 440 g/mol. The van der Waals surface area contributed by atoms with Crippen LogP contribution in [-0.2, 0) is 6.42 Å². The van der Waals surface area contributed by atoms with E-state index in [1.807, 2.05) is 19.1 Å². The van der Waals surface area contributed by atoms with Crippen molar-refractivity contribution in [3.8, 4) is 0 Å². The van der Waals surface area contributed by atoms with E-state index >= 15 is 0 Å². The van der Waals surface area contributed by atoms with Gasteiger partial charge in [0.25, 0.3) is 5.91 Å². The van der Waals surface area contributed by atoms with Gasteiger partial charge >= 0.3 is 0 Å². The highest BCUT2D eigenvalue weighted by atomic mass is 32.1. The number of aromatic nitrogens is 2. The Hall–Kier alpha value is -2.78. The van der Waals surface area contributed by atoms with Crippen LogP contribution >= 0.6 is 11.3 Å². The third kappa shape index (κ3) is 3.72. The van der Waals surface area contributed by atoms with E-state index in [0.29, 0.717) is 51.6 Å². The molecule has 2 aromatic heterocycles. The number of rotatable bonds is 5. The van der Waals surface area contributed by atoms with Crippen molar-refractivity contribution < 1.29 is 9.18 Å². The molecule has 0 saturated carbocycles. The summed E-state index contributed by atoms with van der Waals surface area (Å²) in [6, 6.07) is 6.17. The number of benzene rings is 1. The Kier molecular flexibility index (Phi) is 5.23. The lowest BCUT2D eigenvalue weighted by Gasteiger charge is -2.37. The number of anilines is 2. The Morgan fingerprint density at radius 2 is 2.13 bits per heavy atom. The summed E-state index contributed by atoms with van der Waals surface area (Å²) in [6.07, 6.45) is 4.39. The van der Waals surface area contributed by atoms with Gasteiger partial charge in [0.15, 0.2) is 0 Å². The standard InChI is InChI=1S/C22H25FN6OS/c1-12-9-27-19-18(24)20(31-22(19)28-12)21(30)26-7-6-13-2-5-17(16(23)8-13)29-14-3-4-15(29)11-25-10-14/h2,5,8-9,14-15,25H,3-4,6-7,10-11,24H2,1H3,(H,26,30). The molecule has 7 nitrogen and oxygen atoms in total. The number of amides is 1. The molecule has 4 N–H and O–H groups in total. The van der Waals surface area contributed by atoms with Crippen LogP contribution in [0.3, 0.4) is 0 Å². The molecular formula is C22H25FN6OS. The summed E-state index contributed by atoms with van der Waals surface area (Å²) in [7, 11) is 0. The summed E-state index contributed by atoms with van der Waals surface area (Å²) in [5, 5.41) is 6.30. The number of hydrogen-bond acceptors (Lipinski definition) is 7. The molecule has 2 atom stereocenters. The maximum Gasteiger partial charge on any atom is 0.263 e. The van der Waals surface area contributed by atoms with Gasteiger partial charge in [0.1, 0.15) is 21.0 Å². The number of carbonyl (C=O) groups is 1. The van der Waals surface area contributed by atoms with E-state index in [-0.39, 0.29) is 11.7 Å². The smallest absolute Gasteiger partial charge is 0.263 e. The summed E-state index contributed by atoms with van der Waals surface area (Å²) >= 11 is 1.24. The molecule has 0 radical (unpaired) electrons. The van der Waals surface area contributed by atoms with Crippen molar-refractivity contribution in [3.05, 3.63) is 46.3 Å². The van der Waals surface area contributed by atoms with Crippen molar-refractivity contribution in [1.82, 2.24) is 20.6 Å². The average molecular weight is 441 g/mol. The number of halogens is 1. The quantitative estimate of drug-likeness (QED) is 0.565. The van der Waals surface area contributed by atoms with Gasteiger partial charge in [-0.3, -0.25) is 4.79 Å². The van der Waals surface area contributed by atoms with Crippen molar-refractivity contribution in [2.45, 2.75) is 38.3 Å². The first-order valence-corrected chi connectivity index (χ1v) is 11.4. The van der Waals surface area contributed by atoms with Gasteiger partial charge in [-0.05, 0) is 43.9 Å². The molecule has 2 aliphatic heterocycles. The van der Waals surface area contributed by atoms with Gasteiger partial charge in [-0.15, -0.1) is 11.3 Å². The molecule has 1 amide bonds. The maximum absolute atomic E-state index is 14.9. The van der Waals surface area contributed by atoms with Gasteiger partial charge in [0.05, 0.1) is 17.1 Å². The van der Waals surface area contributed by atoms with E-state index in [9.17, 15) is 9.18 Å². The van der Waals surface area contributed by atoms with Gasteiger partial charge in [-0.2, -0.15) is 0 Å². The number of piperazine rings is 1. The summed E-state index contributed by atoms with van der Waals surface area (Å²) in [4.78, 5) is 24.6. The lowest BCUT2D eigenvalue weighted by Crippen LogP contribution is -2.52. The van der Waals surface area contributed by atoms with Crippen LogP contribution in [0.25, 0.3) is 10.3 Å². The Morgan fingerprint density at radius 3 is 2.87 bits per heavy atom. The largest absolute Gasteiger partial charge is 0.396 e. The van der Waals surface area contributed by atoms with Crippen LogP contribution in [0.2, 0.25) is 0 Å². The van der Waals surface area contributed by atoms with E-state index in [2.05, 4.69) is 25.5 Å². The highest BCUT2D eigenvalue weighted by molar-refractivity contribution is 7.21. The molecule has 2 aliphatic rings. The molecule has 2 saturated heterocycles. The molecule has 5 rings (SSSR count). The van der Waals surface area contributed by atoms with Gasteiger partial charge in [0.2, 0.25) is 0 Å². The Labute approximate surface area is 183 Å². The van der Waals surface area contributed by atoms with E-state index < -0.39 is 0 Å². The first-order valence-electron chi connectivity index (χ1n) is 10.6. The van der Waals surface area contributed by atoms with Crippen LogP contribution in [0, 0.1) is 12.7 Å². The number of aryl methyl sites for hydroxylation is 1. The minimum absolute atomic E-state index is 0.191. The SMILES string of the molecule is Cc1cnc2c(N)c(C(=O)NCCc3ccc(N4C5CCC4CNC5)c(F)c3)sc2n1. The third-order valence-corrected chi connectivity index (χ3v) is 7.22. The summed E-state index contributed by atoms with van der Waals surface area (Å²) in [6.45, 7) is 4.06. The molecule has 31 heavy (non-hydrogen) atoms. The van der Waals surface area contributed by atoms with Crippen LogP contribution in [0.5, 0.6) is 0 Å². The third-order valence-electron chi connectivity index (χ3n) is 6.13. The molecule has 1 aromatic carbocycles. The number of nitrogens with zero attached hydrogens (tertiary/aromatic N) is 3. The van der Waals surface area contributed by atoms with E-state index in [0.717, 1.165) is 37.2 Å². The van der Waals surface area contributed by atoms with E-state index in [1.165, 1.54) is 11.3 Å². The summed E-state index contributed by atoms with van der Waals surface area (Å²) < 4.78 is 14.9. The molecule has 2 unspecified atom stereocenters. The molecular weight excluding hydrogens is 415 g/mol. The van der Waals surface area contributed by atoms with Gasteiger partial charge in [0, 0.05) is 37.9 Å². The van der Waals surface area contributed by atoms with Crippen LogP contribution in [0.15, 0.2) is 24.4 Å². The second-order valence-corrected chi connectivity index (χ2v) is 9.25. The zero-order chi connectivity index (χ0) is 21.5. The summed E-state index contributed by atoms with van der Waals surface area (Å²) in [5.74, 6) is -0.446. The molecule has 3 aromatic rings. The van der Waals surface area contributed by atoms with Gasteiger partial charge in [-0.25, -0.2) is 14.4 Å². The number of carbonyl (C=O) groups excluding carboxylic acids is 1. The topological polar surface area (TPSA) is 96.2 Å². The van der Waals surface area contributed by atoms with Crippen molar-refractivity contribution in [1.29, 1.82) is 0 Å².